The largest absolute Gasteiger partial charge is 0.497 e. The molecule has 11 heteroatoms. The molecular weight excluding hydrogens is 569 g/mol. The maximum atomic E-state index is 14.1. The molecule has 2 atom stereocenters. The second-order valence-corrected chi connectivity index (χ2v) is 11.8. The summed E-state index contributed by atoms with van der Waals surface area (Å²) in [7, 11) is -2.74. The van der Waals surface area contributed by atoms with Crippen LogP contribution in [-0.2, 0) is 26.2 Å². The number of ether oxygens (including phenoxy) is 1. The minimum Gasteiger partial charge on any atom is -0.497 e. The van der Waals surface area contributed by atoms with E-state index in [1.807, 2.05) is 13.8 Å². The van der Waals surface area contributed by atoms with Crippen LogP contribution in [0.2, 0.25) is 5.02 Å². The predicted octanol–water partition coefficient (Wildman–Crippen LogP) is 5.41. The molecule has 220 valence electrons. The summed E-state index contributed by atoms with van der Waals surface area (Å²) in [6.45, 7) is 4.98. The minimum atomic E-state index is -4.28. The number of anilines is 1. The molecule has 3 aromatic rings. The third-order valence-electron chi connectivity index (χ3n) is 6.70. The molecule has 0 spiro atoms. The van der Waals surface area contributed by atoms with E-state index in [4.69, 9.17) is 16.3 Å². The van der Waals surface area contributed by atoms with Crippen LogP contribution in [-0.4, -0.2) is 50.9 Å². The SMILES string of the molecule is CC[C@H](C)NC(=O)[C@H](CC)N(Cc1ccc(OC)cc1)C(=O)CN(c1ccc(F)c(Cl)c1)S(=O)(=O)c1ccccc1. The number of rotatable bonds is 13. The van der Waals surface area contributed by atoms with Crippen molar-refractivity contribution in [1.82, 2.24) is 10.2 Å². The van der Waals surface area contributed by atoms with Gasteiger partial charge in [-0.05, 0) is 67.8 Å². The fourth-order valence-corrected chi connectivity index (χ4v) is 5.78. The topological polar surface area (TPSA) is 96.0 Å². The van der Waals surface area contributed by atoms with Crippen LogP contribution >= 0.6 is 11.6 Å². The second-order valence-electron chi connectivity index (χ2n) is 9.53. The zero-order valence-corrected chi connectivity index (χ0v) is 25.1. The predicted molar refractivity (Wildman–Crippen MR) is 158 cm³/mol. The molecule has 0 aliphatic rings. The molecule has 3 aromatic carbocycles. The lowest BCUT2D eigenvalue weighted by Gasteiger charge is -2.33. The highest BCUT2D eigenvalue weighted by atomic mass is 35.5. The maximum absolute atomic E-state index is 14.1. The highest BCUT2D eigenvalue weighted by molar-refractivity contribution is 7.92. The number of hydrogen-bond acceptors (Lipinski definition) is 5. The van der Waals surface area contributed by atoms with Crippen molar-refractivity contribution in [2.75, 3.05) is 18.0 Å². The number of nitrogens with one attached hydrogen (secondary N) is 1. The van der Waals surface area contributed by atoms with Gasteiger partial charge in [0.1, 0.15) is 24.2 Å². The Morgan fingerprint density at radius 2 is 1.66 bits per heavy atom. The molecule has 0 radical (unpaired) electrons. The summed E-state index contributed by atoms with van der Waals surface area (Å²) in [6.07, 6.45) is 0.987. The molecule has 0 bridgehead atoms. The van der Waals surface area contributed by atoms with Crippen LogP contribution in [0.5, 0.6) is 5.75 Å². The summed E-state index contributed by atoms with van der Waals surface area (Å²) in [6, 6.07) is 17.1. The van der Waals surface area contributed by atoms with E-state index in [1.54, 1.807) is 56.5 Å². The fraction of sp³-hybridized carbons (Fsp3) is 0.333. The van der Waals surface area contributed by atoms with Crippen molar-refractivity contribution in [3.63, 3.8) is 0 Å². The van der Waals surface area contributed by atoms with Gasteiger partial charge in [-0.3, -0.25) is 13.9 Å². The summed E-state index contributed by atoms with van der Waals surface area (Å²) in [5, 5.41) is 2.64. The molecule has 0 saturated carbocycles. The number of methoxy groups -OCH3 is 1. The van der Waals surface area contributed by atoms with Gasteiger partial charge in [-0.2, -0.15) is 0 Å². The van der Waals surface area contributed by atoms with Crippen LogP contribution in [0.15, 0.2) is 77.7 Å². The number of sulfonamides is 1. The highest BCUT2D eigenvalue weighted by Gasteiger charge is 2.34. The van der Waals surface area contributed by atoms with Gasteiger partial charge in [-0.25, -0.2) is 12.8 Å². The first kappa shape index (κ1) is 31.9. The smallest absolute Gasteiger partial charge is 0.264 e. The van der Waals surface area contributed by atoms with Gasteiger partial charge >= 0.3 is 0 Å². The first-order valence-corrected chi connectivity index (χ1v) is 15.1. The molecule has 0 heterocycles. The van der Waals surface area contributed by atoms with Gasteiger partial charge in [-0.15, -0.1) is 0 Å². The first-order chi connectivity index (χ1) is 19.5. The molecule has 41 heavy (non-hydrogen) atoms. The summed E-state index contributed by atoms with van der Waals surface area (Å²) in [5.41, 5.74) is 0.728. The van der Waals surface area contributed by atoms with Crippen LogP contribution in [0.25, 0.3) is 0 Å². The Bertz CT molecular complexity index is 1440. The van der Waals surface area contributed by atoms with E-state index in [0.717, 1.165) is 22.0 Å². The number of carbonyl (C=O) groups is 2. The van der Waals surface area contributed by atoms with Crippen LogP contribution in [0.4, 0.5) is 10.1 Å². The van der Waals surface area contributed by atoms with Gasteiger partial charge < -0.3 is 15.0 Å². The van der Waals surface area contributed by atoms with Crippen LogP contribution < -0.4 is 14.4 Å². The quantitative estimate of drug-likeness (QED) is 0.282. The first-order valence-electron chi connectivity index (χ1n) is 13.3. The van der Waals surface area contributed by atoms with E-state index in [9.17, 15) is 22.4 Å². The lowest BCUT2D eigenvalue weighted by molar-refractivity contribution is -0.140. The molecule has 0 aromatic heterocycles. The third kappa shape index (κ3) is 7.98. The van der Waals surface area contributed by atoms with E-state index in [-0.39, 0.29) is 40.5 Å². The molecule has 0 unspecified atom stereocenters. The Balaban J connectivity index is 2.06. The molecule has 3 rings (SSSR count). The van der Waals surface area contributed by atoms with Crippen LogP contribution in [0.3, 0.4) is 0 Å². The van der Waals surface area contributed by atoms with Gasteiger partial charge in [0.2, 0.25) is 11.8 Å². The number of carbonyl (C=O) groups excluding carboxylic acids is 2. The Morgan fingerprint density at radius 1 is 1.00 bits per heavy atom. The number of halogens is 2. The van der Waals surface area contributed by atoms with Crippen molar-refractivity contribution in [1.29, 1.82) is 0 Å². The van der Waals surface area contributed by atoms with Crippen LogP contribution in [0, 0.1) is 5.82 Å². The van der Waals surface area contributed by atoms with Crippen molar-refractivity contribution in [2.45, 2.75) is 57.1 Å². The summed E-state index contributed by atoms with van der Waals surface area (Å²) >= 11 is 6.01. The van der Waals surface area contributed by atoms with Gasteiger partial charge in [0.15, 0.2) is 0 Å². The van der Waals surface area contributed by atoms with Crippen molar-refractivity contribution < 1.29 is 27.1 Å². The lowest BCUT2D eigenvalue weighted by Crippen LogP contribution is -2.53. The average molecular weight is 604 g/mol. The standard InChI is InChI=1S/C30H35ClFN3O5S/c1-5-21(3)33-30(37)28(6-2)34(19-22-12-15-24(40-4)16-13-22)29(36)20-35(23-14-17-27(32)26(31)18-23)41(38,39)25-10-8-7-9-11-25/h7-18,21,28H,5-6,19-20H2,1-4H3,(H,33,37)/t21-,28-/m0/s1. The van der Waals surface area contributed by atoms with E-state index in [2.05, 4.69) is 5.32 Å². The molecule has 0 saturated heterocycles. The van der Waals surface area contributed by atoms with Crippen molar-refractivity contribution in [3.05, 3.63) is 89.2 Å². The average Bonchev–Trinajstić information content (AvgIpc) is 2.97. The highest BCUT2D eigenvalue weighted by Crippen LogP contribution is 2.28. The van der Waals surface area contributed by atoms with E-state index in [0.29, 0.717) is 12.2 Å². The second kappa shape index (κ2) is 14.3. The molecule has 8 nitrogen and oxygen atoms in total. The summed E-state index contributed by atoms with van der Waals surface area (Å²) in [5.74, 6) is -1.06. The van der Waals surface area contributed by atoms with Gasteiger partial charge in [-0.1, -0.05) is 55.8 Å². The van der Waals surface area contributed by atoms with Crippen molar-refractivity contribution >= 4 is 39.1 Å². The normalized spacial score (nSPS) is 12.7. The molecule has 2 amide bonds. The minimum absolute atomic E-state index is 0.00936. The number of nitrogens with zero attached hydrogens (tertiary/aromatic N) is 2. The third-order valence-corrected chi connectivity index (χ3v) is 8.78. The molecule has 0 aliphatic carbocycles. The molecular formula is C30H35ClFN3O5S. The molecule has 1 N–H and O–H groups in total. The molecule has 0 aliphatic heterocycles. The van der Waals surface area contributed by atoms with E-state index < -0.39 is 34.3 Å². The van der Waals surface area contributed by atoms with E-state index >= 15 is 0 Å². The summed E-state index contributed by atoms with van der Waals surface area (Å²) < 4.78 is 47.7. The monoisotopic (exact) mass is 603 g/mol. The van der Waals surface area contributed by atoms with Gasteiger partial charge in [0.25, 0.3) is 10.0 Å². The van der Waals surface area contributed by atoms with Gasteiger partial charge in [0, 0.05) is 12.6 Å². The van der Waals surface area contributed by atoms with E-state index in [1.165, 1.54) is 23.1 Å². The van der Waals surface area contributed by atoms with Crippen LogP contribution in [0.1, 0.15) is 39.2 Å². The molecule has 0 fully saturated rings. The Labute approximate surface area is 246 Å². The summed E-state index contributed by atoms with van der Waals surface area (Å²) in [4.78, 5) is 28.7. The number of amides is 2. The Morgan fingerprint density at radius 3 is 2.22 bits per heavy atom. The van der Waals surface area contributed by atoms with Gasteiger partial charge in [0.05, 0.1) is 22.7 Å². The van der Waals surface area contributed by atoms with Crippen molar-refractivity contribution in [2.24, 2.45) is 0 Å². The van der Waals surface area contributed by atoms with Crippen molar-refractivity contribution in [3.8, 4) is 5.75 Å². The fourth-order valence-electron chi connectivity index (χ4n) is 4.18. The number of hydrogen-bond donors (Lipinski definition) is 1. The Hall–Kier alpha value is -3.63. The maximum Gasteiger partial charge on any atom is 0.264 e. The zero-order chi connectivity index (χ0) is 30.2. The zero-order valence-electron chi connectivity index (χ0n) is 23.5. The lowest BCUT2D eigenvalue weighted by atomic mass is 10.1. The Kier molecular flexibility index (Phi) is 11.1. The number of benzene rings is 3.